The van der Waals surface area contributed by atoms with E-state index in [0.29, 0.717) is 12.8 Å². The monoisotopic (exact) mass is 639 g/mol. The first-order chi connectivity index (χ1) is 22.1. The molecule has 45 heavy (non-hydrogen) atoms. The van der Waals surface area contributed by atoms with Crippen LogP contribution in [0.3, 0.4) is 0 Å². The molecule has 0 saturated carbocycles. The molecular formula is C39H78N2O4. The molecule has 0 bridgehead atoms. The summed E-state index contributed by atoms with van der Waals surface area (Å²) >= 11 is 0. The normalized spacial score (nSPS) is 12.0. The van der Waals surface area contributed by atoms with Gasteiger partial charge in [-0.25, -0.2) is 0 Å². The maximum absolute atomic E-state index is 12.6. The molecule has 0 aliphatic carbocycles. The Hall–Kier alpha value is -1.14. The minimum atomic E-state index is -0.308. The number of hydrazine groups is 1. The molecule has 0 spiro atoms. The maximum Gasteiger partial charge on any atom is 0.306 e. The number of esters is 2. The fourth-order valence-corrected chi connectivity index (χ4v) is 6.03. The summed E-state index contributed by atoms with van der Waals surface area (Å²) in [6, 6.07) is 0. The molecule has 0 saturated heterocycles. The van der Waals surface area contributed by atoms with E-state index < -0.39 is 0 Å². The Morgan fingerprint density at radius 2 is 0.844 bits per heavy atom. The van der Waals surface area contributed by atoms with Crippen LogP contribution in [-0.2, 0) is 19.1 Å². The molecule has 0 aromatic carbocycles. The van der Waals surface area contributed by atoms with Crippen molar-refractivity contribution in [1.82, 2.24) is 5.43 Å². The minimum Gasteiger partial charge on any atom is -0.462 e. The molecule has 0 aliphatic rings. The van der Waals surface area contributed by atoms with Crippen LogP contribution in [0.4, 0.5) is 0 Å². The number of ether oxygens (including phenoxy) is 2. The van der Waals surface area contributed by atoms with E-state index in [2.05, 4.69) is 19.3 Å². The molecule has 0 fully saturated rings. The first kappa shape index (κ1) is 43.9. The third-order valence-electron chi connectivity index (χ3n) is 9.04. The standard InChI is InChI=1S/C39H78N2O4/c1-3-5-7-9-11-16-21-25-29-33-38(42)44-36-37(45-39(43)34-30-26-22-17-12-10-8-6-4-2)32-28-24-20-18-14-13-15-19-23-27-31-35-41-40/h37,41H,3-36,40H2,1-2H3. The lowest BCUT2D eigenvalue weighted by Gasteiger charge is -2.18. The summed E-state index contributed by atoms with van der Waals surface area (Å²) < 4.78 is 11.5. The summed E-state index contributed by atoms with van der Waals surface area (Å²) in [4.78, 5) is 25.0. The van der Waals surface area contributed by atoms with Gasteiger partial charge in [-0.1, -0.05) is 174 Å². The molecule has 0 heterocycles. The highest BCUT2D eigenvalue weighted by atomic mass is 16.6. The van der Waals surface area contributed by atoms with Crippen LogP contribution < -0.4 is 11.3 Å². The summed E-state index contributed by atoms with van der Waals surface area (Å²) in [6.07, 6.45) is 37.3. The predicted octanol–water partition coefficient (Wildman–Crippen LogP) is 11.4. The number of hydrogen-bond acceptors (Lipinski definition) is 6. The highest BCUT2D eigenvalue weighted by Crippen LogP contribution is 2.16. The summed E-state index contributed by atoms with van der Waals surface area (Å²) in [5.41, 5.74) is 2.72. The predicted molar refractivity (Wildman–Crippen MR) is 192 cm³/mol. The summed E-state index contributed by atoms with van der Waals surface area (Å²) in [6.45, 7) is 5.63. The second kappa shape index (κ2) is 37.3. The topological polar surface area (TPSA) is 90.7 Å². The Morgan fingerprint density at radius 1 is 0.489 bits per heavy atom. The quantitative estimate of drug-likeness (QED) is 0.0304. The lowest BCUT2D eigenvalue weighted by atomic mass is 10.0. The van der Waals surface area contributed by atoms with Crippen LogP contribution in [0.25, 0.3) is 0 Å². The molecule has 0 aliphatic heterocycles. The second-order valence-corrected chi connectivity index (χ2v) is 13.6. The van der Waals surface area contributed by atoms with Gasteiger partial charge in [0.15, 0.2) is 0 Å². The average Bonchev–Trinajstić information content (AvgIpc) is 3.04. The lowest BCUT2D eigenvalue weighted by molar-refractivity contribution is -0.159. The molecule has 1 unspecified atom stereocenters. The first-order valence-corrected chi connectivity index (χ1v) is 19.9. The van der Waals surface area contributed by atoms with Crippen molar-refractivity contribution in [2.75, 3.05) is 13.2 Å². The molecule has 1 atom stereocenters. The van der Waals surface area contributed by atoms with Crippen molar-refractivity contribution in [3.05, 3.63) is 0 Å². The van der Waals surface area contributed by atoms with E-state index in [0.717, 1.165) is 51.5 Å². The Bertz CT molecular complexity index is 616. The van der Waals surface area contributed by atoms with Gasteiger partial charge in [-0.05, 0) is 32.1 Å². The van der Waals surface area contributed by atoms with Crippen LogP contribution in [0, 0.1) is 0 Å². The van der Waals surface area contributed by atoms with E-state index in [1.54, 1.807) is 0 Å². The van der Waals surface area contributed by atoms with E-state index in [1.165, 1.54) is 148 Å². The van der Waals surface area contributed by atoms with Gasteiger partial charge in [0.1, 0.15) is 12.7 Å². The molecular weight excluding hydrogens is 560 g/mol. The highest BCUT2D eigenvalue weighted by molar-refractivity contribution is 5.70. The number of carbonyl (C=O) groups is 2. The largest absolute Gasteiger partial charge is 0.462 e. The van der Waals surface area contributed by atoms with Gasteiger partial charge in [0, 0.05) is 19.4 Å². The molecule has 6 nitrogen and oxygen atoms in total. The number of unbranched alkanes of at least 4 members (excludes halogenated alkanes) is 26. The average molecular weight is 639 g/mol. The van der Waals surface area contributed by atoms with Crippen molar-refractivity contribution in [2.24, 2.45) is 5.84 Å². The van der Waals surface area contributed by atoms with Gasteiger partial charge in [0.25, 0.3) is 0 Å². The zero-order chi connectivity index (χ0) is 32.9. The van der Waals surface area contributed by atoms with E-state index >= 15 is 0 Å². The highest BCUT2D eigenvalue weighted by Gasteiger charge is 2.17. The number of hydrogen-bond donors (Lipinski definition) is 2. The molecule has 0 rings (SSSR count). The summed E-state index contributed by atoms with van der Waals surface area (Å²) in [7, 11) is 0. The number of rotatable bonds is 37. The lowest BCUT2D eigenvalue weighted by Crippen LogP contribution is -2.25. The van der Waals surface area contributed by atoms with Crippen molar-refractivity contribution in [3.8, 4) is 0 Å². The van der Waals surface area contributed by atoms with Crippen LogP contribution in [0.2, 0.25) is 0 Å². The fourth-order valence-electron chi connectivity index (χ4n) is 6.03. The van der Waals surface area contributed by atoms with Crippen molar-refractivity contribution in [1.29, 1.82) is 0 Å². The van der Waals surface area contributed by atoms with E-state index in [-0.39, 0.29) is 24.6 Å². The van der Waals surface area contributed by atoms with Gasteiger partial charge in [-0.3, -0.25) is 20.9 Å². The third kappa shape index (κ3) is 35.6. The van der Waals surface area contributed by atoms with Crippen molar-refractivity contribution >= 4 is 11.9 Å². The molecule has 3 N–H and O–H groups in total. The van der Waals surface area contributed by atoms with E-state index in [4.69, 9.17) is 15.3 Å². The van der Waals surface area contributed by atoms with Crippen molar-refractivity contribution in [2.45, 2.75) is 225 Å². The minimum absolute atomic E-state index is 0.128. The SMILES string of the molecule is CCCCCCCCCCCC(=O)OCC(CCCCCCCCCCCCCNN)OC(=O)CCCCCCCCCCC. The van der Waals surface area contributed by atoms with Gasteiger partial charge in [0.2, 0.25) is 0 Å². The number of carbonyl (C=O) groups excluding carboxylic acids is 2. The van der Waals surface area contributed by atoms with Gasteiger partial charge >= 0.3 is 11.9 Å². The smallest absolute Gasteiger partial charge is 0.306 e. The Labute approximate surface area is 280 Å². The maximum atomic E-state index is 12.6. The van der Waals surface area contributed by atoms with Crippen LogP contribution in [0.5, 0.6) is 0 Å². The number of nitrogens with one attached hydrogen (secondary N) is 1. The van der Waals surface area contributed by atoms with Crippen LogP contribution in [0.1, 0.15) is 219 Å². The van der Waals surface area contributed by atoms with E-state index in [9.17, 15) is 9.59 Å². The molecule has 0 radical (unpaired) electrons. The van der Waals surface area contributed by atoms with Gasteiger partial charge in [-0.15, -0.1) is 0 Å². The Balaban J connectivity index is 4.19. The van der Waals surface area contributed by atoms with Gasteiger partial charge < -0.3 is 9.47 Å². The second-order valence-electron chi connectivity index (χ2n) is 13.6. The summed E-state index contributed by atoms with van der Waals surface area (Å²) in [5, 5.41) is 0. The molecule has 0 aromatic rings. The van der Waals surface area contributed by atoms with Crippen molar-refractivity contribution < 1.29 is 19.1 Å². The van der Waals surface area contributed by atoms with Gasteiger partial charge in [0.05, 0.1) is 0 Å². The fraction of sp³-hybridized carbons (Fsp3) is 0.949. The molecule has 268 valence electrons. The third-order valence-corrected chi connectivity index (χ3v) is 9.04. The Morgan fingerprint density at radius 3 is 1.27 bits per heavy atom. The zero-order valence-corrected chi connectivity index (χ0v) is 30.3. The van der Waals surface area contributed by atoms with Crippen LogP contribution >= 0.6 is 0 Å². The van der Waals surface area contributed by atoms with E-state index in [1.807, 2.05) is 0 Å². The number of nitrogens with two attached hydrogens (primary N) is 1. The van der Waals surface area contributed by atoms with Crippen LogP contribution in [0.15, 0.2) is 0 Å². The molecule has 0 aromatic heterocycles. The van der Waals surface area contributed by atoms with Crippen molar-refractivity contribution in [3.63, 3.8) is 0 Å². The van der Waals surface area contributed by atoms with Crippen LogP contribution in [-0.4, -0.2) is 31.2 Å². The summed E-state index contributed by atoms with van der Waals surface area (Å²) in [5.74, 6) is 5.04. The Kier molecular flexibility index (Phi) is 36.4. The molecule has 0 amide bonds. The first-order valence-electron chi connectivity index (χ1n) is 19.9. The van der Waals surface area contributed by atoms with Gasteiger partial charge in [-0.2, -0.15) is 0 Å². The zero-order valence-electron chi connectivity index (χ0n) is 30.3. The molecule has 6 heteroatoms.